The molecule has 4 aromatic rings. The van der Waals surface area contributed by atoms with Gasteiger partial charge >= 0.3 is 0 Å². The Hall–Kier alpha value is -2.69. The molecule has 0 atom stereocenters. The van der Waals surface area contributed by atoms with Gasteiger partial charge in [-0.05, 0) is 12.1 Å². The zero-order chi connectivity index (χ0) is 19.1. The van der Waals surface area contributed by atoms with Gasteiger partial charge in [-0.25, -0.2) is 9.55 Å². The molecule has 0 spiro atoms. The van der Waals surface area contributed by atoms with E-state index in [0.29, 0.717) is 40.1 Å². The molecule has 102 valence electrons. The summed E-state index contributed by atoms with van der Waals surface area (Å²) in [4.78, 5) is 8.45. The fraction of sp³-hybridized carbons (Fsp3) is 0.188. The van der Waals surface area contributed by atoms with E-state index in [1.165, 1.54) is 21.5 Å². The van der Waals surface area contributed by atoms with E-state index in [4.69, 9.17) is 8.22 Å². The second-order valence-electron chi connectivity index (χ2n) is 5.16. The molecular formula is C16H14N5+. The molecule has 0 radical (unpaired) electrons. The number of imidazole rings is 1. The van der Waals surface area contributed by atoms with E-state index in [1.807, 2.05) is 6.07 Å². The van der Waals surface area contributed by atoms with Crippen molar-refractivity contribution in [2.75, 3.05) is 0 Å². The van der Waals surface area contributed by atoms with E-state index in [2.05, 4.69) is 9.97 Å². The monoisotopic (exact) mass is 282 g/mol. The molecule has 1 aliphatic heterocycles. The van der Waals surface area contributed by atoms with Crippen LogP contribution in [0.5, 0.6) is 0 Å². The van der Waals surface area contributed by atoms with Gasteiger partial charge in [-0.3, -0.25) is 14.1 Å². The van der Waals surface area contributed by atoms with Gasteiger partial charge in [0.25, 0.3) is 11.5 Å². The van der Waals surface area contributed by atoms with Crippen LogP contribution in [0.3, 0.4) is 0 Å². The van der Waals surface area contributed by atoms with Crippen molar-refractivity contribution in [2.45, 2.75) is 6.54 Å². The van der Waals surface area contributed by atoms with Crippen molar-refractivity contribution in [2.24, 2.45) is 14.0 Å². The maximum absolute atomic E-state index is 8.11. The number of hydrogen-bond donors (Lipinski definition) is 0. The van der Waals surface area contributed by atoms with Crippen LogP contribution >= 0.6 is 0 Å². The lowest BCUT2D eigenvalue weighted by Crippen LogP contribution is -2.33. The Kier molecular flexibility index (Phi) is 1.14. The minimum absolute atomic E-state index is 0.334. The van der Waals surface area contributed by atoms with E-state index in [9.17, 15) is 0 Å². The van der Waals surface area contributed by atoms with Gasteiger partial charge in [-0.2, -0.15) is 0 Å². The molecule has 4 aromatic heterocycles. The average molecular weight is 282 g/mol. The Bertz CT molecular complexity index is 1230. The van der Waals surface area contributed by atoms with Gasteiger partial charge in [-0.15, -0.1) is 0 Å². The number of aryl methyl sites for hydroxylation is 2. The Morgan fingerprint density at radius 1 is 1.24 bits per heavy atom. The SMILES string of the molecule is [2H]C([2H])([2H])n1c2[n+](c3c1c1cnccc1n3C([2H])([2H])[2H])Cc1cccnc1-2. The zero-order valence-electron chi connectivity index (χ0n) is 16.9. The molecule has 0 bridgehead atoms. The van der Waals surface area contributed by atoms with Gasteiger partial charge < -0.3 is 0 Å². The van der Waals surface area contributed by atoms with Crippen molar-refractivity contribution in [1.29, 1.82) is 0 Å². The lowest BCUT2D eigenvalue weighted by molar-refractivity contribution is -0.648. The molecule has 5 heterocycles. The minimum Gasteiger partial charge on any atom is -0.264 e. The van der Waals surface area contributed by atoms with E-state index >= 15 is 0 Å². The highest BCUT2D eigenvalue weighted by Crippen LogP contribution is 2.33. The van der Waals surface area contributed by atoms with Gasteiger partial charge in [-0.1, -0.05) is 6.07 Å². The van der Waals surface area contributed by atoms with Crippen molar-refractivity contribution in [1.82, 2.24) is 19.1 Å². The van der Waals surface area contributed by atoms with Crippen molar-refractivity contribution < 1.29 is 12.8 Å². The number of pyridine rings is 2. The minimum atomic E-state index is -2.51. The lowest BCUT2D eigenvalue weighted by atomic mass is 10.2. The molecule has 0 saturated carbocycles. The van der Waals surface area contributed by atoms with Crippen molar-refractivity contribution in [3.63, 3.8) is 0 Å². The van der Waals surface area contributed by atoms with E-state index in [-0.39, 0.29) is 0 Å². The van der Waals surface area contributed by atoms with Gasteiger partial charge in [0.05, 0.1) is 34.1 Å². The first-order chi connectivity index (χ1) is 12.7. The molecule has 0 unspecified atom stereocenters. The maximum Gasteiger partial charge on any atom is 0.269 e. The van der Waals surface area contributed by atoms with Crippen molar-refractivity contribution in [3.8, 4) is 11.5 Å². The van der Waals surface area contributed by atoms with E-state index < -0.39 is 14.0 Å². The highest BCUT2D eigenvalue weighted by Gasteiger charge is 2.35. The van der Waals surface area contributed by atoms with Gasteiger partial charge in [0.2, 0.25) is 0 Å². The van der Waals surface area contributed by atoms with Crippen LogP contribution in [0.2, 0.25) is 0 Å². The van der Waals surface area contributed by atoms with Crippen LogP contribution in [0.4, 0.5) is 0 Å². The van der Waals surface area contributed by atoms with Crippen LogP contribution in [-0.2, 0) is 20.5 Å². The summed E-state index contributed by atoms with van der Waals surface area (Å²) >= 11 is 0. The summed E-state index contributed by atoms with van der Waals surface area (Å²) in [7, 11) is 0. The van der Waals surface area contributed by atoms with Crippen LogP contribution in [-0.4, -0.2) is 19.1 Å². The Balaban J connectivity index is 2.07. The largest absolute Gasteiger partial charge is 0.269 e. The summed E-state index contributed by atoms with van der Waals surface area (Å²) in [5.74, 6) is 0.388. The van der Waals surface area contributed by atoms with Crippen LogP contribution in [0, 0.1) is 0 Å². The first-order valence-corrected chi connectivity index (χ1v) is 6.57. The topological polar surface area (TPSA) is 39.5 Å². The summed E-state index contributed by atoms with van der Waals surface area (Å²) < 4.78 is 52.6. The van der Waals surface area contributed by atoms with Crippen molar-refractivity contribution >= 4 is 22.1 Å². The first-order valence-electron chi connectivity index (χ1n) is 9.57. The highest BCUT2D eigenvalue weighted by molar-refractivity contribution is 6.04. The molecule has 0 fully saturated rings. The predicted molar refractivity (Wildman–Crippen MR) is 79.7 cm³/mol. The molecule has 5 nitrogen and oxygen atoms in total. The Morgan fingerprint density at radius 2 is 2.19 bits per heavy atom. The third-order valence-electron chi connectivity index (χ3n) is 4.10. The number of hydrogen-bond acceptors (Lipinski definition) is 2. The third-order valence-corrected chi connectivity index (χ3v) is 4.10. The third kappa shape index (κ3) is 1.15. The second-order valence-corrected chi connectivity index (χ2v) is 5.16. The summed E-state index contributed by atoms with van der Waals surface area (Å²) in [5.41, 5.74) is 2.50. The maximum atomic E-state index is 8.11. The zero-order valence-corrected chi connectivity index (χ0v) is 10.9. The second kappa shape index (κ2) is 3.49. The van der Waals surface area contributed by atoms with Gasteiger partial charge in [0.1, 0.15) is 11.2 Å². The summed E-state index contributed by atoms with van der Waals surface area (Å²) in [6.07, 6.45) is 4.62. The van der Waals surface area contributed by atoms with E-state index in [1.54, 1.807) is 22.9 Å². The number of fused-ring (bicyclic) bond motifs is 7. The standard InChI is InChI=1S/C16H14N5/c1-19-12-5-7-17-8-11(12)14-16(19)21-9-10-4-3-6-18-13(10)15(21)20(14)2/h3-8H,9H2,1-2H3/q+1/i1D3,2D3. The van der Waals surface area contributed by atoms with E-state index in [0.717, 1.165) is 5.56 Å². The van der Waals surface area contributed by atoms with Crippen LogP contribution in [0.25, 0.3) is 33.6 Å². The number of rotatable bonds is 0. The molecular weight excluding hydrogens is 262 g/mol. The Morgan fingerprint density at radius 3 is 3.10 bits per heavy atom. The molecule has 5 heteroatoms. The molecule has 1 aliphatic rings. The summed E-state index contributed by atoms with van der Waals surface area (Å²) in [6, 6.07) is 5.25. The molecule has 0 saturated heterocycles. The van der Waals surface area contributed by atoms with Gasteiger partial charge in [0, 0.05) is 24.2 Å². The Labute approximate surface area is 129 Å². The first kappa shape index (κ1) is 6.85. The van der Waals surface area contributed by atoms with Crippen LogP contribution < -0.4 is 4.57 Å². The van der Waals surface area contributed by atoms with Crippen LogP contribution in [0.15, 0.2) is 36.8 Å². The normalized spacial score (nSPS) is 18.5. The average Bonchev–Trinajstić information content (AvgIpc) is 3.19. The number of nitrogens with zero attached hydrogens (tertiary/aromatic N) is 5. The molecule has 21 heavy (non-hydrogen) atoms. The fourth-order valence-corrected chi connectivity index (χ4v) is 3.22. The summed E-state index contributed by atoms with van der Waals surface area (Å²) in [5, 5.41) is 0.485. The van der Waals surface area contributed by atoms with Crippen LogP contribution in [0.1, 0.15) is 13.8 Å². The number of aromatic nitrogens is 5. The quantitative estimate of drug-likeness (QED) is 0.406. The highest BCUT2D eigenvalue weighted by atomic mass is 15.2. The van der Waals surface area contributed by atoms with Crippen molar-refractivity contribution in [3.05, 3.63) is 42.4 Å². The van der Waals surface area contributed by atoms with Gasteiger partial charge in [0.15, 0.2) is 5.52 Å². The smallest absolute Gasteiger partial charge is 0.264 e. The molecule has 0 N–H and O–H groups in total. The molecule has 0 amide bonds. The molecule has 0 aromatic carbocycles. The fourth-order valence-electron chi connectivity index (χ4n) is 3.22. The summed E-state index contributed by atoms with van der Waals surface area (Å²) in [6.45, 7) is -4.63. The lowest BCUT2D eigenvalue weighted by Gasteiger charge is -1.97. The predicted octanol–water partition coefficient (Wildman–Crippen LogP) is 1.78. The molecule has 5 rings (SSSR count). The molecule has 0 aliphatic carbocycles.